The number of nitrogens with zero attached hydrogens (tertiary/aromatic N) is 2. The predicted molar refractivity (Wildman–Crippen MR) is 102 cm³/mol. The van der Waals surface area contributed by atoms with E-state index in [-0.39, 0.29) is 6.61 Å². The number of piperidine rings is 1. The lowest BCUT2D eigenvalue weighted by atomic mass is 9.80. The molecule has 2 saturated heterocycles. The number of primary amides is 1. The van der Waals surface area contributed by atoms with Crippen LogP contribution in [-0.2, 0) is 14.0 Å². The first-order valence-electron chi connectivity index (χ1n) is 9.23. The Morgan fingerprint density at radius 3 is 2.30 bits per heavy atom. The number of hydrogen-bond donors (Lipinski definition) is 2. The highest BCUT2D eigenvalue weighted by Crippen LogP contribution is 2.36. The Morgan fingerprint density at radius 2 is 1.85 bits per heavy atom. The second kappa shape index (κ2) is 6.96. The number of amides is 1. The van der Waals surface area contributed by atoms with Crippen molar-refractivity contribution < 1.29 is 23.9 Å². The van der Waals surface area contributed by atoms with Crippen molar-refractivity contribution in [3.63, 3.8) is 0 Å². The van der Waals surface area contributed by atoms with Crippen LogP contribution in [0.25, 0.3) is 0 Å². The third-order valence-electron chi connectivity index (χ3n) is 5.90. The molecule has 0 aromatic carbocycles. The molecule has 27 heavy (non-hydrogen) atoms. The molecule has 1 amide bonds. The zero-order valence-electron chi connectivity index (χ0n) is 16.4. The molecule has 1 aromatic rings. The molecule has 0 spiro atoms. The van der Waals surface area contributed by atoms with Gasteiger partial charge in [0.2, 0.25) is 0 Å². The van der Waals surface area contributed by atoms with E-state index >= 15 is 0 Å². The van der Waals surface area contributed by atoms with Gasteiger partial charge in [-0.15, -0.1) is 0 Å². The number of carbonyl (C=O) groups is 1. The summed E-state index contributed by atoms with van der Waals surface area (Å²) < 4.78 is 17.2. The highest BCUT2D eigenvalue weighted by Gasteiger charge is 2.51. The van der Waals surface area contributed by atoms with E-state index in [2.05, 4.69) is 9.88 Å². The number of carbonyl (C=O) groups excluding carboxylic acids is 1. The van der Waals surface area contributed by atoms with E-state index in [9.17, 15) is 9.90 Å². The van der Waals surface area contributed by atoms with E-state index in [1.165, 1.54) is 0 Å². The van der Waals surface area contributed by atoms with Gasteiger partial charge in [-0.05, 0) is 33.8 Å². The van der Waals surface area contributed by atoms with E-state index in [0.717, 1.165) is 11.3 Å². The molecule has 3 N–H and O–H groups in total. The number of anilines is 1. The lowest BCUT2D eigenvalue weighted by molar-refractivity contribution is -0.0422. The minimum atomic E-state index is -0.898. The average Bonchev–Trinajstić information content (AvgIpc) is 2.83. The highest BCUT2D eigenvalue weighted by molar-refractivity contribution is 6.62. The molecule has 8 nitrogen and oxygen atoms in total. The minimum Gasteiger partial charge on any atom is -0.440 e. The standard InChI is InChI=1S/C18H28BN3O5/c1-16(2)17(3,4)27-19(26-16)13-5-6-14(21-11-13)22-9-7-18(12-23,8-10-22)25-15(20)24/h5-6,11,23H,7-10,12H2,1-4H3,(H2,20,24). The van der Waals surface area contributed by atoms with Crippen LogP contribution in [0.15, 0.2) is 18.3 Å². The van der Waals surface area contributed by atoms with Crippen LogP contribution in [-0.4, -0.2) is 59.8 Å². The van der Waals surface area contributed by atoms with E-state index in [1.54, 1.807) is 6.20 Å². The van der Waals surface area contributed by atoms with E-state index < -0.39 is 30.0 Å². The molecular formula is C18H28BN3O5. The third-order valence-corrected chi connectivity index (χ3v) is 5.90. The summed E-state index contributed by atoms with van der Waals surface area (Å²) in [6.07, 6.45) is 1.90. The van der Waals surface area contributed by atoms with E-state index in [4.69, 9.17) is 19.8 Å². The number of hydrogen-bond acceptors (Lipinski definition) is 7. The summed E-state index contributed by atoms with van der Waals surface area (Å²) in [7, 11) is -0.441. The van der Waals surface area contributed by atoms with Crippen LogP contribution in [0, 0.1) is 0 Å². The Kier molecular flexibility index (Phi) is 5.13. The van der Waals surface area contributed by atoms with Crippen LogP contribution >= 0.6 is 0 Å². The Hall–Kier alpha value is -1.84. The maximum atomic E-state index is 11.1. The fraction of sp³-hybridized carbons (Fsp3) is 0.667. The van der Waals surface area contributed by atoms with Gasteiger partial charge >= 0.3 is 13.2 Å². The molecule has 148 valence electrons. The van der Waals surface area contributed by atoms with Crippen molar-refractivity contribution in [1.29, 1.82) is 0 Å². The summed E-state index contributed by atoms with van der Waals surface area (Å²) in [5.74, 6) is 0.820. The maximum Gasteiger partial charge on any atom is 0.496 e. The average molecular weight is 377 g/mol. The molecule has 0 bridgehead atoms. The predicted octanol–water partition coefficient (Wildman–Crippen LogP) is 0.807. The van der Waals surface area contributed by atoms with Gasteiger partial charge in [-0.1, -0.05) is 6.07 Å². The zero-order valence-corrected chi connectivity index (χ0v) is 16.4. The first-order valence-corrected chi connectivity index (χ1v) is 9.23. The second-order valence-corrected chi connectivity index (χ2v) is 8.29. The Morgan fingerprint density at radius 1 is 1.26 bits per heavy atom. The van der Waals surface area contributed by atoms with Crippen LogP contribution in [0.5, 0.6) is 0 Å². The summed E-state index contributed by atoms with van der Waals surface area (Å²) in [6, 6.07) is 3.89. The van der Waals surface area contributed by atoms with Gasteiger partial charge in [0.1, 0.15) is 11.4 Å². The van der Waals surface area contributed by atoms with Crippen molar-refractivity contribution >= 4 is 24.5 Å². The van der Waals surface area contributed by atoms with Crippen LogP contribution in [0.3, 0.4) is 0 Å². The summed E-state index contributed by atoms with van der Waals surface area (Å²) >= 11 is 0. The van der Waals surface area contributed by atoms with Gasteiger partial charge in [0.05, 0.1) is 17.8 Å². The first kappa shape index (κ1) is 19.9. The molecule has 0 radical (unpaired) electrons. The maximum absolute atomic E-state index is 11.1. The third kappa shape index (κ3) is 3.90. The van der Waals surface area contributed by atoms with Crippen molar-refractivity contribution in [2.24, 2.45) is 5.73 Å². The SMILES string of the molecule is CC1(C)OB(c2ccc(N3CCC(CO)(OC(N)=O)CC3)nc2)OC1(C)C. The van der Waals surface area contributed by atoms with Crippen molar-refractivity contribution in [3.05, 3.63) is 18.3 Å². The molecule has 3 heterocycles. The summed E-state index contributed by atoms with van der Waals surface area (Å²) in [5, 5.41) is 9.59. The van der Waals surface area contributed by atoms with Gasteiger partial charge in [0.15, 0.2) is 0 Å². The first-order chi connectivity index (χ1) is 12.6. The van der Waals surface area contributed by atoms with Crippen molar-refractivity contribution in [2.45, 2.75) is 57.3 Å². The van der Waals surface area contributed by atoms with Gasteiger partial charge in [-0.3, -0.25) is 0 Å². The molecule has 2 aliphatic rings. The van der Waals surface area contributed by atoms with Crippen LogP contribution in [0.1, 0.15) is 40.5 Å². The molecule has 0 saturated carbocycles. The smallest absolute Gasteiger partial charge is 0.440 e. The van der Waals surface area contributed by atoms with Crippen LogP contribution < -0.4 is 16.1 Å². The lowest BCUT2D eigenvalue weighted by Gasteiger charge is -2.40. The van der Waals surface area contributed by atoms with Gasteiger partial charge in [0, 0.05) is 37.6 Å². The van der Waals surface area contributed by atoms with Crippen molar-refractivity contribution in [2.75, 3.05) is 24.6 Å². The number of aromatic nitrogens is 1. The lowest BCUT2D eigenvalue weighted by Crippen LogP contribution is -2.50. The monoisotopic (exact) mass is 377 g/mol. The number of pyridine rings is 1. The molecular weight excluding hydrogens is 349 g/mol. The Bertz CT molecular complexity index is 671. The Balaban J connectivity index is 1.65. The summed E-state index contributed by atoms with van der Waals surface area (Å²) in [6.45, 7) is 9.05. The molecule has 2 aliphatic heterocycles. The van der Waals surface area contributed by atoms with E-state index in [0.29, 0.717) is 25.9 Å². The van der Waals surface area contributed by atoms with Crippen molar-refractivity contribution in [3.8, 4) is 0 Å². The van der Waals surface area contributed by atoms with Gasteiger partial charge in [-0.25, -0.2) is 9.78 Å². The highest BCUT2D eigenvalue weighted by atomic mass is 16.7. The van der Waals surface area contributed by atoms with Gasteiger partial charge in [0.25, 0.3) is 0 Å². The summed E-state index contributed by atoms with van der Waals surface area (Å²) in [5.41, 5.74) is 4.31. The van der Waals surface area contributed by atoms with Crippen molar-refractivity contribution in [1.82, 2.24) is 4.98 Å². The van der Waals surface area contributed by atoms with Crippen LogP contribution in [0.4, 0.5) is 10.6 Å². The molecule has 0 atom stereocenters. The molecule has 3 rings (SSSR count). The van der Waals surface area contributed by atoms with Gasteiger partial charge < -0.3 is 29.8 Å². The second-order valence-electron chi connectivity index (χ2n) is 8.29. The molecule has 0 unspecified atom stereocenters. The topological polar surface area (TPSA) is 107 Å². The Labute approximate surface area is 160 Å². The van der Waals surface area contributed by atoms with Crippen LogP contribution in [0.2, 0.25) is 0 Å². The number of aliphatic hydroxyl groups is 1. The normalized spacial score (nSPS) is 23.3. The quantitative estimate of drug-likeness (QED) is 0.748. The number of nitrogens with two attached hydrogens (primary N) is 1. The molecule has 2 fully saturated rings. The fourth-order valence-electron chi connectivity index (χ4n) is 3.35. The molecule has 9 heteroatoms. The fourth-order valence-corrected chi connectivity index (χ4v) is 3.35. The minimum absolute atomic E-state index is 0.238. The molecule has 0 aliphatic carbocycles. The number of ether oxygens (including phenoxy) is 1. The van der Waals surface area contributed by atoms with E-state index in [1.807, 2.05) is 39.8 Å². The van der Waals surface area contributed by atoms with Gasteiger partial charge in [-0.2, -0.15) is 0 Å². The number of aliphatic hydroxyl groups excluding tert-OH is 1. The number of rotatable bonds is 4. The zero-order chi connectivity index (χ0) is 19.9. The largest absolute Gasteiger partial charge is 0.496 e. The summed E-state index contributed by atoms with van der Waals surface area (Å²) in [4.78, 5) is 17.7. The molecule has 1 aromatic heterocycles.